The fraction of sp³-hybridized carbons (Fsp3) is 0.286. The summed E-state index contributed by atoms with van der Waals surface area (Å²) < 4.78 is 17.4. The molecule has 0 saturated heterocycles. The first kappa shape index (κ1) is 20.9. The minimum atomic E-state index is 0.311. The van der Waals surface area contributed by atoms with Gasteiger partial charge in [0.2, 0.25) is 0 Å². The molecule has 0 spiro atoms. The highest BCUT2D eigenvalue weighted by Gasteiger charge is 2.34. The number of hydrogen-bond acceptors (Lipinski definition) is 5. The largest absolute Gasteiger partial charge is 0.497 e. The molecule has 174 valence electrons. The molecule has 2 aliphatic heterocycles. The topological polar surface area (TPSA) is 72.7 Å². The Morgan fingerprint density at radius 1 is 1.00 bits per heavy atom. The second-order valence-electron chi connectivity index (χ2n) is 9.17. The van der Waals surface area contributed by atoms with Gasteiger partial charge in [-0.25, -0.2) is 0 Å². The number of anilines is 1. The van der Waals surface area contributed by atoms with Gasteiger partial charge in [0.05, 0.1) is 14.2 Å². The van der Waals surface area contributed by atoms with Crippen molar-refractivity contribution in [3.63, 3.8) is 0 Å². The highest BCUT2D eigenvalue weighted by molar-refractivity contribution is 5.86. The van der Waals surface area contributed by atoms with Gasteiger partial charge in [-0.05, 0) is 77.6 Å². The fourth-order valence-corrected chi connectivity index (χ4v) is 5.41. The molecule has 3 N–H and O–H groups in total. The van der Waals surface area contributed by atoms with E-state index in [0.717, 1.165) is 54.4 Å². The lowest BCUT2D eigenvalue weighted by molar-refractivity contribution is 0.158. The predicted octanol–water partition coefficient (Wildman–Crippen LogP) is 5.00. The van der Waals surface area contributed by atoms with Crippen LogP contribution in [0.4, 0.5) is 5.69 Å². The standard InChI is InChI=1S/C28H29N3O3/c1-32-20-7-8-24-22(12-20)23-13-26-21-14-28(34-16-17-3-5-19(29)6-4-17)27(33-2)11-18(21)9-10-31(26)15-25(23)30-24/h3-8,11-12,14,26,30H,9-10,13,15-16,29H2,1-2H3. The van der Waals surface area contributed by atoms with Crippen LogP contribution in [-0.2, 0) is 26.0 Å². The van der Waals surface area contributed by atoms with Gasteiger partial charge in [-0.2, -0.15) is 0 Å². The van der Waals surface area contributed by atoms with Crippen molar-refractivity contribution in [1.29, 1.82) is 0 Å². The van der Waals surface area contributed by atoms with E-state index in [1.807, 2.05) is 30.3 Å². The molecule has 6 rings (SSSR count). The van der Waals surface area contributed by atoms with E-state index in [0.29, 0.717) is 12.6 Å². The van der Waals surface area contributed by atoms with Crippen LogP contribution >= 0.6 is 0 Å². The number of benzene rings is 3. The summed E-state index contributed by atoms with van der Waals surface area (Å²) in [6, 6.07) is 18.8. The third kappa shape index (κ3) is 3.55. The molecule has 0 bridgehead atoms. The van der Waals surface area contributed by atoms with Gasteiger partial charge in [0, 0.05) is 41.4 Å². The number of ether oxygens (including phenoxy) is 3. The molecule has 6 nitrogen and oxygen atoms in total. The molecule has 0 radical (unpaired) electrons. The summed E-state index contributed by atoms with van der Waals surface area (Å²) in [6.07, 6.45) is 1.96. The van der Waals surface area contributed by atoms with E-state index in [-0.39, 0.29) is 0 Å². The van der Waals surface area contributed by atoms with Gasteiger partial charge in [0.15, 0.2) is 11.5 Å². The van der Waals surface area contributed by atoms with Gasteiger partial charge in [0.1, 0.15) is 12.4 Å². The molecule has 2 aliphatic rings. The number of nitrogens with two attached hydrogens (primary N) is 1. The molecule has 6 heteroatoms. The van der Waals surface area contributed by atoms with Crippen molar-refractivity contribution in [2.75, 3.05) is 26.5 Å². The van der Waals surface area contributed by atoms with E-state index < -0.39 is 0 Å². The molecule has 1 unspecified atom stereocenters. The molecular formula is C28H29N3O3. The van der Waals surface area contributed by atoms with Crippen LogP contribution in [0.5, 0.6) is 17.2 Å². The van der Waals surface area contributed by atoms with Gasteiger partial charge in [-0.3, -0.25) is 4.90 Å². The van der Waals surface area contributed by atoms with Crippen molar-refractivity contribution in [1.82, 2.24) is 9.88 Å². The van der Waals surface area contributed by atoms with Crippen LogP contribution in [0, 0.1) is 0 Å². The van der Waals surface area contributed by atoms with Gasteiger partial charge in [-0.1, -0.05) is 12.1 Å². The molecule has 1 aromatic heterocycles. The summed E-state index contributed by atoms with van der Waals surface area (Å²) in [5, 5.41) is 1.26. The van der Waals surface area contributed by atoms with Crippen LogP contribution in [0.2, 0.25) is 0 Å². The molecule has 34 heavy (non-hydrogen) atoms. The van der Waals surface area contributed by atoms with Gasteiger partial charge < -0.3 is 24.9 Å². The summed E-state index contributed by atoms with van der Waals surface area (Å²) in [5.41, 5.74) is 14.2. The molecular weight excluding hydrogens is 426 g/mol. The molecule has 0 saturated carbocycles. The zero-order valence-corrected chi connectivity index (χ0v) is 19.6. The number of H-pyrrole nitrogens is 1. The SMILES string of the molecule is COc1ccc2[nH]c3c(c2c1)CC1c2cc(OCc4ccc(N)cc4)c(OC)cc2CCN1C3. The van der Waals surface area contributed by atoms with E-state index in [4.69, 9.17) is 19.9 Å². The minimum Gasteiger partial charge on any atom is -0.497 e. The number of hydrogen-bond donors (Lipinski definition) is 2. The number of nitrogens with one attached hydrogen (secondary N) is 1. The summed E-state index contributed by atoms with van der Waals surface area (Å²) in [4.78, 5) is 6.22. The summed E-state index contributed by atoms with van der Waals surface area (Å²) in [6.45, 7) is 2.42. The Kier molecular flexibility index (Phi) is 5.11. The zero-order valence-electron chi connectivity index (χ0n) is 19.6. The number of nitrogens with zero attached hydrogens (tertiary/aromatic N) is 1. The molecule has 0 amide bonds. The van der Waals surface area contributed by atoms with E-state index in [9.17, 15) is 0 Å². The number of methoxy groups -OCH3 is 2. The van der Waals surface area contributed by atoms with Crippen LogP contribution in [0.15, 0.2) is 54.6 Å². The molecule has 1 atom stereocenters. The van der Waals surface area contributed by atoms with Crippen LogP contribution in [-0.4, -0.2) is 30.6 Å². The van der Waals surface area contributed by atoms with Crippen LogP contribution in [0.3, 0.4) is 0 Å². The summed E-state index contributed by atoms with van der Waals surface area (Å²) in [7, 11) is 3.43. The molecule has 0 fully saturated rings. The maximum absolute atomic E-state index is 6.25. The van der Waals surface area contributed by atoms with Crippen molar-refractivity contribution in [2.24, 2.45) is 0 Å². The van der Waals surface area contributed by atoms with Crippen LogP contribution < -0.4 is 19.9 Å². The maximum Gasteiger partial charge on any atom is 0.162 e. The van der Waals surface area contributed by atoms with Crippen molar-refractivity contribution < 1.29 is 14.2 Å². The third-order valence-corrected chi connectivity index (χ3v) is 7.23. The van der Waals surface area contributed by atoms with Crippen molar-refractivity contribution in [2.45, 2.75) is 32.0 Å². The van der Waals surface area contributed by atoms with Crippen molar-refractivity contribution in [3.8, 4) is 17.2 Å². The van der Waals surface area contributed by atoms with Gasteiger partial charge in [-0.15, -0.1) is 0 Å². The monoisotopic (exact) mass is 455 g/mol. The Morgan fingerprint density at radius 2 is 1.85 bits per heavy atom. The molecule has 3 aromatic carbocycles. The van der Waals surface area contributed by atoms with E-state index in [1.165, 1.54) is 33.3 Å². The van der Waals surface area contributed by atoms with E-state index >= 15 is 0 Å². The number of rotatable bonds is 5. The highest BCUT2D eigenvalue weighted by atomic mass is 16.5. The Hall–Kier alpha value is -3.64. The van der Waals surface area contributed by atoms with Crippen molar-refractivity contribution >= 4 is 16.6 Å². The second kappa shape index (κ2) is 8.29. The molecule has 0 aliphatic carbocycles. The van der Waals surface area contributed by atoms with Gasteiger partial charge >= 0.3 is 0 Å². The minimum absolute atomic E-state index is 0.311. The lowest BCUT2D eigenvalue weighted by Crippen LogP contribution is -2.39. The summed E-state index contributed by atoms with van der Waals surface area (Å²) in [5.74, 6) is 2.46. The number of fused-ring (bicyclic) bond motifs is 6. The smallest absolute Gasteiger partial charge is 0.162 e. The van der Waals surface area contributed by atoms with Gasteiger partial charge in [0.25, 0.3) is 0 Å². The Labute approximate surface area is 199 Å². The quantitative estimate of drug-likeness (QED) is 0.414. The first-order chi connectivity index (χ1) is 16.6. The number of nitrogen functional groups attached to an aromatic ring is 1. The summed E-state index contributed by atoms with van der Waals surface area (Å²) >= 11 is 0. The Morgan fingerprint density at radius 3 is 2.65 bits per heavy atom. The van der Waals surface area contributed by atoms with E-state index in [1.54, 1.807) is 14.2 Å². The lowest BCUT2D eigenvalue weighted by Gasteiger charge is -2.40. The first-order valence-corrected chi connectivity index (χ1v) is 11.7. The Bertz CT molecular complexity index is 1360. The highest BCUT2D eigenvalue weighted by Crippen LogP contribution is 2.44. The zero-order chi connectivity index (χ0) is 23.2. The Balaban J connectivity index is 1.34. The fourth-order valence-electron chi connectivity index (χ4n) is 5.41. The average molecular weight is 456 g/mol. The van der Waals surface area contributed by atoms with Crippen LogP contribution in [0.25, 0.3) is 10.9 Å². The number of aromatic amines is 1. The first-order valence-electron chi connectivity index (χ1n) is 11.7. The third-order valence-electron chi connectivity index (χ3n) is 7.23. The molecule has 3 heterocycles. The predicted molar refractivity (Wildman–Crippen MR) is 134 cm³/mol. The lowest BCUT2D eigenvalue weighted by atomic mass is 9.85. The van der Waals surface area contributed by atoms with Crippen LogP contribution in [0.1, 0.15) is 34.0 Å². The van der Waals surface area contributed by atoms with E-state index in [2.05, 4.69) is 34.1 Å². The normalized spacial score (nSPS) is 17.1. The molecule has 4 aromatic rings. The second-order valence-corrected chi connectivity index (χ2v) is 9.17. The maximum atomic E-state index is 6.25. The number of aromatic nitrogens is 1. The van der Waals surface area contributed by atoms with Crippen molar-refractivity contribution in [3.05, 3.63) is 82.5 Å². The average Bonchev–Trinajstić information content (AvgIpc) is 3.23.